The maximum atomic E-state index is 10.3. The highest BCUT2D eigenvalue weighted by molar-refractivity contribution is 5.67. The minimum atomic E-state index is -0.653. The van der Waals surface area contributed by atoms with Crippen LogP contribution in [0.15, 0.2) is 0 Å². The predicted molar refractivity (Wildman–Crippen MR) is 278 cm³/mol. The Hall–Kier alpha value is -1.59. The average Bonchev–Trinajstić information content (AvgIpc) is 3.25. The van der Waals surface area contributed by atoms with E-state index < -0.39 is 17.9 Å². The lowest BCUT2D eigenvalue weighted by Crippen LogP contribution is -1.93. The molecule has 0 aromatic rings. The fourth-order valence-corrected chi connectivity index (χ4v) is 7.94. The van der Waals surface area contributed by atoms with E-state index >= 15 is 0 Å². The topological polar surface area (TPSA) is 112 Å². The molecule has 0 aliphatic heterocycles. The van der Waals surface area contributed by atoms with Gasteiger partial charge in [-0.3, -0.25) is 14.4 Å². The summed E-state index contributed by atoms with van der Waals surface area (Å²) in [5.74, 6) is -1.96. The number of carboxylic acids is 3. The minimum absolute atomic E-state index is 0.345. The number of hydrogen-bond acceptors (Lipinski definition) is 3. The number of carboxylic acid groups (broad SMARTS) is 3. The third-order valence-corrected chi connectivity index (χ3v) is 12.0. The molecule has 0 aromatic heterocycles. The third kappa shape index (κ3) is 84.4. The highest BCUT2D eigenvalue weighted by Crippen LogP contribution is 2.16. The Morgan fingerprint density at radius 3 is 0.397 bits per heavy atom. The van der Waals surface area contributed by atoms with Crippen molar-refractivity contribution in [2.75, 3.05) is 0 Å². The number of carbonyl (C=O) groups is 3. The molecule has 63 heavy (non-hydrogen) atoms. The molecular formula is C57H116O6. The van der Waals surface area contributed by atoms with Gasteiger partial charge in [-0.1, -0.05) is 311 Å². The van der Waals surface area contributed by atoms with Crippen molar-refractivity contribution < 1.29 is 29.7 Å². The SMILES string of the molecule is CCC.CCCCCCCCCCCCCCCCCC(=O)O.CCCCCCCCCCCCCCCCCC(=O)O.CCCCCCCCCCCCCCCCCC(=O)O. The molecule has 0 amide bonds. The second kappa shape index (κ2) is 67.0. The van der Waals surface area contributed by atoms with Crippen molar-refractivity contribution in [1.82, 2.24) is 0 Å². The number of unbranched alkanes of at least 4 members (excludes halogenated alkanes) is 42. The van der Waals surface area contributed by atoms with Crippen molar-refractivity contribution in [2.45, 2.75) is 349 Å². The Kier molecular flexibility index (Phi) is 72.3. The lowest BCUT2D eigenvalue weighted by Gasteiger charge is -2.03. The molecule has 0 aliphatic rings. The predicted octanol–water partition coefficient (Wildman–Crippen LogP) is 20.4. The molecule has 0 aliphatic carbocycles. The van der Waals surface area contributed by atoms with Crippen LogP contribution in [-0.2, 0) is 14.4 Å². The van der Waals surface area contributed by atoms with Crippen LogP contribution in [0.3, 0.4) is 0 Å². The lowest BCUT2D eigenvalue weighted by molar-refractivity contribution is -0.138. The Balaban J connectivity index is -0.000000401. The van der Waals surface area contributed by atoms with Gasteiger partial charge in [-0.2, -0.15) is 0 Å². The van der Waals surface area contributed by atoms with E-state index in [0.717, 1.165) is 38.5 Å². The maximum absolute atomic E-state index is 10.3. The van der Waals surface area contributed by atoms with Crippen LogP contribution in [0.25, 0.3) is 0 Å². The van der Waals surface area contributed by atoms with Gasteiger partial charge in [0.15, 0.2) is 0 Å². The summed E-state index contributed by atoms with van der Waals surface area (Å²) in [5, 5.41) is 25.6. The molecule has 0 saturated carbocycles. The van der Waals surface area contributed by atoms with Gasteiger partial charge in [0, 0.05) is 19.3 Å². The van der Waals surface area contributed by atoms with E-state index in [1.807, 2.05) is 0 Å². The molecular weight excluding hydrogens is 781 g/mol. The first-order chi connectivity index (χ1) is 30.7. The van der Waals surface area contributed by atoms with E-state index in [9.17, 15) is 14.4 Å². The van der Waals surface area contributed by atoms with Gasteiger partial charge in [0.1, 0.15) is 0 Å². The first kappa shape index (κ1) is 68.0. The third-order valence-electron chi connectivity index (χ3n) is 12.0. The summed E-state index contributed by atoms with van der Waals surface area (Å²) in [4.78, 5) is 31.0. The second-order valence-corrected chi connectivity index (χ2v) is 19.0. The summed E-state index contributed by atoms with van der Waals surface area (Å²) in [6, 6.07) is 0. The zero-order valence-electron chi connectivity index (χ0n) is 43.7. The second-order valence-electron chi connectivity index (χ2n) is 19.0. The molecule has 0 saturated heterocycles. The van der Waals surface area contributed by atoms with Crippen molar-refractivity contribution in [3.63, 3.8) is 0 Å². The number of hydrogen-bond donors (Lipinski definition) is 3. The molecule has 0 spiro atoms. The monoisotopic (exact) mass is 897 g/mol. The highest BCUT2D eigenvalue weighted by Gasteiger charge is 2.00. The lowest BCUT2D eigenvalue weighted by atomic mass is 10.0. The molecule has 0 fully saturated rings. The van der Waals surface area contributed by atoms with Gasteiger partial charge in [0.05, 0.1) is 0 Å². The Bertz CT molecular complexity index is 725. The van der Waals surface area contributed by atoms with E-state index in [1.54, 1.807) is 0 Å². The zero-order valence-corrected chi connectivity index (χ0v) is 43.7. The summed E-state index contributed by atoms with van der Waals surface area (Å²) in [6.07, 6.45) is 61.8. The number of rotatable bonds is 48. The minimum Gasteiger partial charge on any atom is -0.481 e. The first-order valence-corrected chi connectivity index (χ1v) is 28.4. The average molecular weight is 898 g/mol. The van der Waals surface area contributed by atoms with Gasteiger partial charge in [-0.15, -0.1) is 0 Å². The standard InChI is InChI=1S/3C18H36O2.C3H8/c3*1-2-3-4-5-6-7-8-9-10-11-12-13-14-15-16-17-18(19)20;1-3-2/h3*2-17H2,1H3,(H,19,20);3H2,1-2H3. The quantitative estimate of drug-likeness (QED) is 0.0525. The van der Waals surface area contributed by atoms with Crippen LogP contribution in [0.2, 0.25) is 0 Å². The fourth-order valence-electron chi connectivity index (χ4n) is 7.94. The van der Waals surface area contributed by atoms with Crippen LogP contribution >= 0.6 is 0 Å². The summed E-state index contributed by atoms with van der Waals surface area (Å²) in [5.41, 5.74) is 0. The Morgan fingerprint density at radius 2 is 0.302 bits per heavy atom. The maximum Gasteiger partial charge on any atom is 0.303 e. The molecule has 0 bridgehead atoms. The molecule has 3 N–H and O–H groups in total. The first-order valence-electron chi connectivity index (χ1n) is 28.4. The van der Waals surface area contributed by atoms with Crippen molar-refractivity contribution in [3.8, 4) is 0 Å². The van der Waals surface area contributed by atoms with Crippen LogP contribution in [0, 0.1) is 0 Å². The van der Waals surface area contributed by atoms with E-state index in [1.165, 1.54) is 257 Å². The van der Waals surface area contributed by atoms with Gasteiger partial charge < -0.3 is 15.3 Å². The van der Waals surface area contributed by atoms with E-state index in [-0.39, 0.29) is 0 Å². The largest absolute Gasteiger partial charge is 0.481 e. The van der Waals surface area contributed by atoms with Crippen molar-refractivity contribution in [2.24, 2.45) is 0 Å². The molecule has 6 nitrogen and oxygen atoms in total. The summed E-state index contributed by atoms with van der Waals surface area (Å²) in [7, 11) is 0. The Morgan fingerprint density at radius 1 is 0.206 bits per heavy atom. The summed E-state index contributed by atoms with van der Waals surface area (Å²) >= 11 is 0. The van der Waals surface area contributed by atoms with Crippen LogP contribution < -0.4 is 0 Å². The molecule has 0 radical (unpaired) electrons. The van der Waals surface area contributed by atoms with Crippen LogP contribution in [0.4, 0.5) is 0 Å². The van der Waals surface area contributed by atoms with Crippen molar-refractivity contribution in [3.05, 3.63) is 0 Å². The number of aliphatic carboxylic acids is 3. The van der Waals surface area contributed by atoms with E-state index in [4.69, 9.17) is 15.3 Å². The van der Waals surface area contributed by atoms with Gasteiger partial charge in [-0.05, 0) is 19.3 Å². The fraction of sp³-hybridized carbons (Fsp3) is 0.947. The van der Waals surface area contributed by atoms with Gasteiger partial charge in [0.2, 0.25) is 0 Å². The molecule has 6 heteroatoms. The van der Waals surface area contributed by atoms with Gasteiger partial charge in [0.25, 0.3) is 0 Å². The molecule has 0 atom stereocenters. The van der Waals surface area contributed by atoms with Gasteiger partial charge >= 0.3 is 17.9 Å². The summed E-state index contributed by atoms with van der Waals surface area (Å²) < 4.78 is 0. The van der Waals surface area contributed by atoms with Crippen molar-refractivity contribution in [1.29, 1.82) is 0 Å². The van der Waals surface area contributed by atoms with Crippen LogP contribution in [0.1, 0.15) is 349 Å². The smallest absolute Gasteiger partial charge is 0.303 e. The van der Waals surface area contributed by atoms with Crippen molar-refractivity contribution >= 4 is 17.9 Å². The normalized spacial score (nSPS) is 10.6. The van der Waals surface area contributed by atoms with Crippen LogP contribution in [0.5, 0.6) is 0 Å². The van der Waals surface area contributed by atoms with E-state index in [0.29, 0.717) is 19.3 Å². The Labute approximate surface area is 395 Å². The molecule has 0 heterocycles. The van der Waals surface area contributed by atoms with E-state index in [2.05, 4.69) is 34.6 Å². The van der Waals surface area contributed by atoms with Crippen LogP contribution in [-0.4, -0.2) is 33.2 Å². The zero-order chi connectivity index (χ0) is 47.4. The summed E-state index contributed by atoms with van der Waals surface area (Å²) in [6.45, 7) is 11.1. The molecule has 380 valence electrons. The molecule has 0 unspecified atom stereocenters. The molecule has 0 aromatic carbocycles. The van der Waals surface area contributed by atoms with Gasteiger partial charge in [-0.25, -0.2) is 0 Å². The molecule has 0 rings (SSSR count). The highest BCUT2D eigenvalue weighted by atomic mass is 16.4.